The number of carbonyl (C=O) groups is 1. The lowest BCUT2D eigenvalue weighted by Gasteiger charge is -2.09. The summed E-state index contributed by atoms with van der Waals surface area (Å²) in [6.45, 7) is 4.71. The molecule has 0 aliphatic rings. The molecule has 0 radical (unpaired) electrons. The van der Waals surface area contributed by atoms with E-state index in [1.807, 2.05) is 0 Å². The van der Waals surface area contributed by atoms with Crippen molar-refractivity contribution in [1.82, 2.24) is 5.32 Å². The summed E-state index contributed by atoms with van der Waals surface area (Å²) in [7, 11) is 0. The van der Waals surface area contributed by atoms with Gasteiger partial charge >= 0.3 is 0 Å². The number of hydrogen-bond donors (Lipinski definition) is 2. The highest BCUT2D eigenvalue weighted by Gasteiger charge is 2.05. The van der Waals surface area contributed by atoms with Gasteiger partial charge in [-0.05, 0) is 24.5 Å². The van der Waals surface area contributed by atoms with E-state index in [1.54, 1.807) is 0 Å². The van der Waals surface area contributed by atoms with Crippen LogP contribution >= 0.6 is 0 Å². The predicted octanol–water partition coefficient (Wildman–Crippen LogP) is 2.54. The van der Waals surface area contributed by atoms with Crippen molar-refractivity contribution in [3.05, 3.63) is 29.8 Å². The molecule has 5 heteroatoms. The Morgan fingerprint density at radius 3 is 2.67 bits per heavy atom. The van der Waals surface area contributed by atoms with Gasteiger partial charge in [0.25, 0.3) is 0 Å². The van der Waals surface area contributed by atoms with Crippen LogP contribution in [0.2, 0.25) is 0 Å². The van der Waals surface area contributed by atoms with Crippen LogP contribution in [-0.2, 0) is 4.79 Å². The van der Waals surface area contributed by atoms with Crippen molar-refractivity contribution in [1.29, 1.82) is 0 Å². The number of carbonyl (C=O) groups excluding carboxylic acids is 1. The number of nitrogens with one attached hydrogen (secondary N) is 2. The van der Waals surface area contributed by atoms with E-state index >= 15 is 0 Å². The summed E-state index contributed by atoms with van der Waals surface area (Å²) in [5, 5.41) is 5.34. The number of benzene rings is 1. The molecule has 0 fully saturated rings. The molecule has 0 saturated heterocycles. The van der Waals surface area contributed by atoms with Gasteiger partial charge in [0.15, 0.2) is 0 Å². The van der Waals surface area contributed by atoms with Crippen molar-refractivity contribution in [2.45, 2.75) is 20.3 Å². The molecule has 0 aromatic heterocycles. The minimum atomic E-state index is -0.704. The zero-order valence-electron chi connectivity index (χ0n) is 10.6. The van der Waals surface area contributed by atoms with E-state index in [-0.39, 0.29) is 18.1 Å². The van der Waals surface area contributed by atoms with Crippen molar-refractivity contribution >= 4 is 11.6 Å². The fraction of sp³-hybridized carbons (Fsp3) is 0.462. The van der Waals surface area contributed by atoms with E-state index in [0.717, 1.165) is 18.6 Å². The second-order valence-electron chi connectivity index (χ2n) is 4.51. The van der Waals surface area contributed by atoms with Gasteiger partial charge in [0.2, 0.25) is 5.91 Å². The summed E-state index contributed by atoms with van der Waals surface area (Å²) in [5.74, 6) is -1.03. The van der Waals surface area contributed by atoms with Gasteiger partial charge in [0.05, 0.1) is 12.2 Å². The molecule has 18 heavy (non-hydrogen) atoms. The molecule has 0 saturated carbocycles. The molecule has 3 nitrogen and oxygen atoms in total. The highest BCUT2D eigenvalue weighted by Crippen LogP contribution is 2.14. The van der Waals surface area contributed by atoms with Crippen LogP contribution in [-0.4, -0.2) is 19.0 Å². The molecule has 0 heterocycles. The van der Waals surface area contributed by atoms with Crippen molar-refractivity contribution in [3.8, 4) is 0 Å². The molecule has 100 valence electrons. The highest BCUT2D eigenvalue weighted by molar-refractivity contribution is 5.80. The summed E-state index contributed by atoms with van der Waals surface area (Å²) >= 11 is 0. The molecule has 0 unspecified atom stereocenters. The van der Waals surface area contributed by atoms with Crippen molar-refractivity contribution in [2.24, 2.45) is 5.92 Å². The van der Waals surface area contributed by atoms with Crippen LogP contribution in [0.1, 0.15) is 20.3 Å². The van der Waals surface area contributed by atoms with Crippen molar-refractivity contribution in [3.63, 3.8) is 0 Å². The Hall–Kier alpha value is -1.65. The van der Waals surface area contributed by atoms with Crippen LogP contribution in [0.5, 0.6) is 0 Å². The molecule has 0 aliphatic heterocycles. The third-order valence-corrected chi connectivity index (χ3v) is 2.41. The summed E-state index contributed by atoms with van der Waals surface area (Å²) in [4.78, 5) is 11.4. The van der Waals surface area contributed by atoms with E-state index < -0.39 is 11.6 Å². The lowest BCUT2D eigenvalue weighted by molar-refractivity contribution is -0.119. The Labute approximate surface area is 106 Å². The Kier molecular flexibility index (Phi) is 5.55. The van der Waals surface area contributed by atoms with Crippen LogP contribution in [0.3, 0.4) is 0 Å². The highest BCUT2D eigenvalue weighted by atomic mass is 19.1. The maximum absolute atomic E-state index is 13.2. The monoisotopic (exact) mass is 256 g/mol. The fourth-order valence-corrected chi connectivity index (χ4v) is 1.37. The molecule has 1 aromatic carbocycles. The maximum Gasteiger partial charge on any atom is 0.239 e. The van der Waals surface area contributed by atoms with Gasteiger partial charge in [-0.1, -0.05) is 13.8 Å². The van der Waals surface area contributed by atoms with E-state index in [9.17, 15) is 13.6 Å². The summed E-state index contributed by atoms with van der Waals surface area (Å²) in [5.41, 5.74) is 0.121. The Morgan fingerprint density at radius 1 is 1.33 bits per heavy atom. The Bertz CT molecular complexity index is 408. The molecular weight excluding hydrogens is 238 g/mol. The van der Waals surface area contributed by atoms with Crippen molar-refractivity contribution in [2.75, 3.05) is 18.4 Å². The summed E-state index contributed by atoms with van der Waals surface area (Å²) < 4.78 is 25.9. The number of rotatable bonds is 6. The SMILES string of the molecule is CC(C)CCNC(=O)CNc1ccc(F)cc1F. The van der Waals surface area contributed by atoms with E-state index in [2.05, 4.69) is 24.5 Å². The van der Waals surface area contributed by atoms with E-state index in [0.29, 0.717) is 12.5 Å². The average Bonchev–Trinajstić information content (AvgIpc) is 2.27. The first-order valence-corrected chi connectivity index (χ1v) is 5.94. The first kappa shape index (κ1) is 14.4. The minimum Gasteiger partial charge on any atom is -0.374 e. The molecule has 0 atom stereocenters. The van der Waals surface area contributed by atoms with E-state index in [4.69, 9.17) is 0 Å². The molecule has 1 amide bonds. The van der Waals surface area contributed by atoms with Crippen LogP contribution in [0.15, 0.2) is 18.2 Å². The summed E-state index contributed by atoms with van der Waals surface area (Å²) in [6, 6.07) is 3.19. The normalized spacial score (nSPS) is 10.5. The van der Waals surface area contributed by atoms with Crippen LogP contribution in [0.4, 0.5) is 14.5 Å². The third kappa shape index (κ3) is 5.12. The summed E-state index contributed by atoms with van der Waals surface area (Å²) in [6.07, 6.45) is 0.899. The molecule has 0 aliphatic carbocycles. The molecular formula is C13H18F2N2O. The van der Waals surface area contributed by atoms with Crippen LogP contribution < -0.4 is 10.6 Å². The number of amides is 1. The molecule has 0 bridgehead atoms. The fourth-order valence-electron chi connectivity index (χ4n) is 1.37. The third-order valence-electron chi connectivity index (χ3n) is 2.41. The Balaban J connectivity index is 2.33. The standard InChI is InChI=1S/C13H18F2N2O/c1-9(2)5-6-16-13(18)8-17-12-4-3-10(14)7-11(12)15/h3-4,7,9,17H,5-6,8H2,1-2H3,(H,16,18). The lowest BCUT2D eigenvalue weighted by Crippen LogP contribution is -2.31. The van der Waals surface area contributed by atoms with Gasteiger partial charge in [-0.25, -0.2) is 8.78 Å². The molecule has 1 rings (SSSR count). The zero-order valence-corrected chi connectivity index (χ0v) is 10.6. The average molecular weight is 256 g/mol. The first-order valence-electron chi connectivity index (χ1n) is 5.94. The molecule has 0 spiro atoms. The van der Waals surface area contributed by atoms with Gasteiger partial charge in [-0.3, -0.25) is 4.79 Å². The smallest absolute Gasteiger partial charge is 0.239 e. The Morgan fingerprint density at radius 2 is 2.06 bits per heavy atom. The van der Waals surface area contributed by atoms with Crippen LogP contribution in [0, 0.1) is 17.6 Å². The molecule has 2 N–H and O–H groups in total. The topological polar surface area (TPSA) is 41.1 Å². The van der Waals surface area contributed by atoms with Gasteiger partial charge in [-0.15, -0.1) is 0 Å². The van der Waals surface area contributed by atoms with Gasteiger partial charge in [0.1, 0.15) is 11.6 Å². The van der Waals surface area contributed by atoms with Gasteiger partial charge < -0.3 is 10.6 Å². The minimum absolute atomic E-state index is 0.0271. The predicted molar refractivity (Wildman–Crippen MR) is 67.3 cm³/mol. The second kappa shape index (κ2) is 6.93. The van der Waals surface area contributed by atoms with Gasteiger partial charge in [-0.2, -0.15) is 0 Å². The van der Waals surface area contributed by atoms with Crippen molar-refractivity contribution < 1.29 is 13.6 Å². The quantitative estimate of drug-likeness (QED) is 0.821. The number of anilines is 1. The maximum atomic E-state index is 13.2. The lowest BCUT2D eigenvalue weighted by atomic mass is 10.1. The van der Waals surface area contributed by atoms with Gasteiger partial charge in [0, 0.05) is 12.6 Å². The number of hydrogen-bond acceptors (Lipinski definition) is 2. The molecule has 1 aromatic rings. The second-order valence-corrected chi connectivity index (χ2v) is 4.51. The number of halogens is 2. The largest absolute Gasteiger partial charge is 0.374 e. The zero-order chi connectivity index (χ0) is 13.5. The van der Waals surface area contributed by atoms with Crippen LogP contribution in [0.25, 0.3) is 0 Å². The van der Waals surface area contributed by atoms with E-state index in [1.165, 1.54) is 6.07 Å². The first-order chi connectivity index (χ1) is 8.49.